The molecule has 0 unspecified atom stereocenters. The lowest BCUT2D eigenvalue weighted by molar-refractivity contribution is 0.241. The van der Waals surface area contributed by atoms with Crippen LogP contribution in [0, 0.1) is 0 Å². The quantitative estimate of drug-likeness (QED) is 0.874. The fourth-order valence-corrected chi connectivity index (χ4v) is 2.65. The van der Waals surface area contributed by atoms with E-state index in [1.165, 1.54) is 11.3 Å². The van der Waals surface area contributed by atoms with Gasteiger partial charge in [0, 0.05) is 38.8 Å². The van der Waals surface area contributed by atoms with Gasteiger partial charge in [0.25, 0.3) is 0 Å². The Labute approximate surface area is 135 Å². The molecule has 4 nitrogen and oxygen atoms in total. The SMILES string of the molecule is CC(C)NCc1ccc(N2CCN(C)CC2)c(OC(C)C)c1. The number of likely N-dealkylation sites (N-methyl/N-ethyl adjacent to an activating group) is 1. The van der Waals surface area contributed by atoms with Gasteiger partial charge in [-0.3, -0.25) is 0 Å². The smallest absolute Gasteiger partial charge is 0.143 e. The van der Waals surface area contributed by atoms with E-state index >= 15 is 0 Å². The lowest BCUT2D eigenvalue weighted by Gasteiger charge is -2.35. The second-order valence-electron chi connectivity index (χ2n) is 6.79. The number of hydrogen-bond acceptors (Lipinski definition) is 4. The van der Waals surface area contributed by atoms with Crippen LogP contribution in [0.5, 0.6) is 5.75 Å². The zero-order valence-electron chi connectivity index (χ0n) is 14.7. The monoisotopic (exact) mass is 305 g/mol. The molecule has 22 heavy (non-hydrogen) atoms. The van der Waals surface area contributed by atoms with Crippen molar-refractivity contribution in [3.8, 4) is 5.75 Å². The molecule has 1 aliphatic heterocycles. The van der Waals surface area contributed by atoms with Crippen LogP contribution in [-0.2, 0) is 6.54 Å². The number of rotatable bonds is 6. The number of nitrogens with zero attached hydrogens (tertiary/aromatic N) is 2. The summed E-state index contributed by atoms with van der Waals surface area (Å²) in [5.74, 6) is 1.02. The van der Waals surface area contributed by atoms with Crippen LogP contribution < -0.4 is 15.0 Å². The highest BCUT2D eigenvalue weighted by Crippen LogP contribution is 2.31. The average Bonchev–Trinajstić information content (AvgIpc) is 2.46. The molecule has 0 atom stereocenters. The number of anilines is 1. The van der Waals surface area contributed by atoms with Crippen molar-refractivity contribution in [3.63, 3.8) is 0 Å². The minimum atomic E-state index is 0.194. The average molecular weight is 305 g/mol. The van der Waals surface area contributed by atoms with Gasteiger partial charge in [0.1, 0.15) is 5.75 Å². The fourth-order valence-electron chi connectivity index (χ4n) is 2.65. The number of benzene rings is 1. The molecule has 2 rings (SSSR count). The first-order valence-electron chi connectivity index (χ1n) is 8.42. The highest BCUT2D eigenvalue weighted by molar-refractivity contribution is 5.60. The maximum Gasteiger partial charge on any atom is 0.143 e. The Morgan fingerprint density at radius 2 is 1.77 bits per heavy atom. The maximum atomic E-state index is 6.09. The van der Waals surface area contributed by atoms with Gasteiger partial charge in [-0.2, -0.15) is 0 Å². The van der Waals surface area contributed by atoms with E-state index in [4.69, 9.17) is 4.74 Å². The third kappa shape index (κ3) is 4.89. The van der Waals surface area contributed by atoms with Crippen LogP contribution in [0.4, 0.5) is 5.69 Å². The maximum absolute atomic E-state index is 6.09. The number of nitrogens with one attached hydrogen (secondary N) is 1. The Kier molecular flexibility index (Phi) is 6.09. The van der Waals surface area contributed by atoms with Gasteiger partial charge in [0.15, 0.2) is 0 Å². The minimum absolute atomic E-state index is 0.194. The third-order valence-corrected chi connectivity index (χ3v) is 3.95. The molecule has 1 saturated heterocycles. The molecule has 1 fully saturated rings. The normalized spacial score (nSPS) is 16.6. The largest absolute Gasteiger partial charge is 0.489 e. The Morgan fingerprint density at radius 3 is 2.36 bits per heavy atom. The van der Waals surface area contributed by atoms with Crippen molar-refractivity contribution < 1.29 is 4.74 Å². The van der Waals surface area contributed by atoms with Gasteiger partial charge < -0.3 is 19.9 Å². The van der Waals surface area contributed by atoms with E-state index in [1.807, 2.05) is 0 Å². The Hall–Kier alpha value is -1.26. The Morgan fingerprint density at radius 1 is 1.09 bits per heavy atom. The van der Waals surface area contributed by atoms with Crippen LogP contribution in [-0.4, -0.2) is 50.3 Å². The zero-order chi connectivity index (χ0) is 16.1. The Bertz CT molecular complexity index is 465. The zero-order valence-corrected chi connectivity index (χ0v) is 14.7. The fraction of sp³-hybridized carbons (Fsp3) is 0.667. The van der Waals surface area contributed by atoms with E-state index in [0.717, 1.165) is 38.5 Å². The predicted molar refractivity (Wildman–Crippen MR) is 93.9 cm³/mol. The summed E-state index contributed by atoms with van der Waals surface area (Å²) in [6.45, 7) is 13.8. The first-order valence-corrected chi connectivity index (χ1v) is 8.42. The van der Waals surface area contributed by atoms with Crippen molar-refractivity contribution in [2.24, 2.45) is 0 Å². The summed E-state index contributed by atoms with van der Waals surface area (Å²) < 4.78 is 6.09. The molecule has 1 aliphatic rings. The standard InChI is InChI=1S/C18H31N3O/c1-14(2)19-13-16-6-7-17(18(12-16)22-15(3)4)21-10-8-20(5)9-11-21/h6-7,12,14-15,19H,8-11,13H2,1-5H3. The van der Waals surface area contributed by atoms with Crippen LogP contribution in [0.15, 0.2) is 18.2 Å². The van der Waals surface area contributed by atoms with E-state index < -0.39 is 0 Å². The van der Waals surface area contributed by atoms with Gasteiger partial charge >= 0.3 is 0 Å². The molecule has 1 aromatic carbocycles. The molecule has 0 amide bonds. The molecule has 0 saturated carbocycles. The summed E-state index contributed by atoms with van der Waals surface area (Å²) in [7, 11) is 2.18. The van der Waals surface area contributed by atoms with E-state index in [9.17, 15) is 0 Å². The molecule has 0 bridgehead atoms. The van der Waals surface area contributed by atoms with Gasteiger partial charge in [0.05, 0.1) is 11.8 Å². The minimum Gasteiger partial charge on any atom is -0.489 e. The van der Waals surface area contributed by atoms with Crippen molar-refractivity contribution >= 4 is 5.69 Å². The van der Waals surface area contributed by atoms with E-state index in [-0.39, 0.29) is 6.10 Å². The Balaban J connectivity index is 2.16. The molecular weight excluding hydrogens is 274 g/mol. The molecule has 0 spiro atoms. The predicted octanol–water partition coefficient (Wildman–Crippen LogP) is 2.72. The highest BCUT2D eigenvalue weighted by atomic mass is 16.5. The van der Waals surface area contributed by atoms with Crippen LogP contribution in [0.2, 0.25) is 0 Å². The van der Waals surface area contributed by atoms with Crippen LogP contribution >= 0.6 is 0 Å². The first-order chi connectivity index (χ1) is 10.5. The van der Waals surface area contributed by atoms with Gasteiger partial charge in [-0.25, -0.2) is 0 Å². The van der Waals surface area contributed by atoms with Gasteiger partial charge in [-0.05, 0) is 38.6 Å². The molecule has 4 heteroatoms. The molecule has 1 aromatic rings. The molecule has 0 aromatic heterocycles. The highest BCUT2D eigenvalue weighted by Gasteiger charge is 2.18. The molecule has 1 heterocycles. The number of piperazine rings is 1. The summed E-state index contributed by atoms with van der Waals surface area (Å²) in [5, 5.41) is 3.47. The summed E-state index contributed by atoms with van der Waals surface area (Å²) in [6.07, 6.45) is 0.194. The molecule has 0 radical (unpaired) electrons. The van der Waals surface area contributed by atoms with E-state index in [1.54, 1.807) is 0 Å². The third-order valence-electron chi connectivity index (χ3n) is 3.95. The van der Waals surface area contributed by atoms with Crippen molar-refractivity contribution in [2.45, 2.75) is 46.4 Å². The van der Waals surface area contributed by atoms with Crippen molar-refractivity contribution in [1.29, 1.82) is 0 Å². The van der Waals surface area contributed by atoms with Gasteiger partial charge in [-0.1, -0.05) is 19.9 Å². The van der Waals surface area contributed by atoms with Gasteiger partial charge in [-0.15, -0.1) is 0 Å². The summed E-state index contributed by atoms with van der Waals surface area (Å²) >= 11 is 0. The lowest BCUT2D eigenvalue weighted by Crippen LogP contribution is -2.44. The second-order valence-corrected chi connectivity index (χ2v) is 6.79. The van der Waals surface area contributed by atoms with E-state index in [0.29, 0.717) is 6.04 Å². The summed E-state index contributed by atoms with van der Waals surface area (Å²) in [5.41, 5.74) is 2.51. The van der Waals surface area contributed by atoms with E-state index in [2.05, 4.69) is 68.1 Å². The van der Waals surface area contributed by atoms with Crippen LogP contribution in [0.25, 0.3) is 0 Å². The van der Waals surface area contributed by atoms with Gasteiger partial charge in [0.2, 0.25) is 0 Å². The lowest BCUT2D eigenvalue weighted by atomic mass is 10.1. The molecule has 1 N–H and O–H groups in total. The number of ether oxygens (including phenoxy) is 1. The molecular formula is C18H31N3O. The van der Waals surface area contributed by atoms with Crippen molar-refractivity contribution in [1.82, 2.24) is 10.2 Å². The van der Waals surface area contributed by atoms with Crippen molar-refractivity contribution in [3.05, 3.63) is 23.8 Å². The van der Waals surface area contributed by atoms with Crippen LogP contribution in [0.3, 0.4) is 0 Å². The van der Waals surface area contributed by atoms with Crippen molar-refractivity contribution in [2.75, 3.05) is 38.1 Å². The topological polar surface area (TPSA) is 27.7 Å². The number of hydrogen-bond donors (Lipinski definition) is 1. The second kappa shape index (κ2) is 7.84. The summed E-state index contributed by atoms with van der Waals surface area (Å²) in [6, 6.07) is 7.13. The first kappa shape index (κ1) is 17.1. The molecule has 124 valence electrons. The van der Waals surface area contributed by atoms with Crippen LogP contribution in [0.1, 0.15) is 33.3 Å². The molecule has 0 aliphatic carbocycles. The summed E-state index contributed by atoms with van der Waals surface area (Å²) in [4.78, 5) is 4.82.